The molecular weight excluding hydrogens is 389 g/mol. The Morgan fingerprint density at radius 2 is 1.82 bits per heavy atom. The number of halogens is 1. The van der Waals surface area contributed by atoms with Crippen molar-refractivity contribution in [1.29, 1.82) is 0 Å². The van der Waals surface area contributed by atoms with Crippen LogP contribution in [0.4, 0.5) is 0 Å². The van der Waals surface area contributed by atoms with E-state index in [1.165, 1.54) is 12.8 Å². The van der Waals surface area contributed by atoms with Crippen molar-refractivity contribution in [2.75, 3.05) is 53.4 Å². The zero-order chi connectivity index (χ0) is 15.7. The second-order valence-electron chi connectivity index (χ2n) is 6.18. The van der Waals surface area contributed by atoms with Gasteiger partial charge in [0, 0.05) is 45.3 Å². The van der Waals surface area contributed by atoms with Gasteiger partial charge in [0.15, 0.2) is 5.96 Å². The van der Waals surface area contributed by atoms with Crippen molar-refractivity contribution in [2.45, 2.75) is 39.7 Å². The van der Waals surface area contributed by atoms with E-state index in [1.54, 1.807) is 0 Å². The molecule has 2 N–H and O–H groups in total. The summed E-state index contributed by atoms with van der Waals surface area (Å²) in [5, 5.41) is 6.87. The van der Waals surface area contributed by atoms with Gasteiger partial charge in [0.05, 0.1) is 0 Å². The van der Waals surface area contributed by atoms with Crippen molar-refractivity contribution < 1.29 is 0 Å². The molecule has 0 aliphatic carbocycles. The van der Waals surface area contributed by atoms with Crippen LogP contribution in [0.15, 0.2) is 4.99 Å². The predicted octanol–water partition coefficient (Wildman–Crippen LogP) is 1.84. The molecule has 0 aromatic heterocycles. The summed E-state index contributed by atoms with van der Waals surface area (Å²) in [7, 11) is 4.42. The van der Waals surface area contributed by atoms with Gasteiger partial charge in [-0.05, 0) is 26.9 Å². The van der Waals surface area contributed by atoms with Crippen LogP contribution in [0.2, 0.25) is 0 Å². The second kappa shape index (κ2) is 12.4. The van der Waals surface area contributed by atoms with Crippen LogP contribution in [0.5, 0.6) is 0 Å². The van der Waals surface area contributed by atoms with E-state index in [4.69, 9.17) is 4.99 Å². The lowest BCUT2D eigenvalue weighted by Crippen LogP contribution is -2.55. The first-order valence-corrected chi connectivity index (χ1v) is 8.51. The van der Waals surface area contributed by atoms with E-state index in [9.17, 15) is 0 Å². The molecule has 1 heterocycles. The molecule has 0 spiro atoms. The summed E-state index contributed by atoms with van der Waals surface area (Å²) in [5.74, 6) is 1.66. The smallest absolute Gasteiger partial charge is 0.191 e. The fourth-order valence-electron chi connectivity index (χ4n) is 2.65. The highest BCUT2D eigenvalue weighted by Gasteiger charge is 2.22. The number of hydrogen-bond donors (Lipinski definition) is 2. The molecule has 5 nitrogen and oxygen atoms in total. The van der Waals surface area contributed by atoms with E-state index in [1.807, 2.05) is 0 Å². The zero-order valence-corrected chi connectivity index (χ0v) is 17.4. The molecule has 0 aromatic carbocycles. The number of likely N-dealkylation sites (N-methyl/N-ethyl adjacent to an activating group) is 2. The maximum atomic E-state index is 4.75. The van der Waals surface area contributed by atoms with Gasteiger partial charge >= 0.3 is 0 Å². The molecule has 1 fully saturated rings. The predicted molar refractivity (Wildman–Crippen MR) is 107 cm³/mol. The number of hydrogen-bond acceptors (Lipinski definition) is 3. The highest BCUT2D eigenvalue weighted by molar-refractivity contribution is 14.0. The summed E-state index contributed by atoms with van der Waals surface area (Å²) in [6.07, 6.45) is 2.41. The van der Waals surface area contributed by atoms with E-state index >= 15 is 0 Å². The van der Waals surface area contributed by atoms with Crippen LogP contribution in [0, 0.1) is 5.92 Å². The fraction of sp³-hybridized carbons (Fsp3) is 0.938. The van der Waals surface area contributed by atoms with Crippen molar-refractivity contribution in [3.8, 4) is 0 Å². The molecular formula is C16H36IN5. The monoisotopic (exact) mass is 425 g/mol. The van der Waals surface area contributed by atoms with Crippen LogP contribution in [-0.4, -0.2) is 75.2 Å². The SMILES string of the molecule is CCNC(=NCC(CC)CC)NCC1CN(C)CCN1C.I. The lowest BCUT2D eigenvalue weighted by Gasteiger charge is -2.38. The van der Waals surface area contributed by atoms with Crippen molar-refractivity contribution in [3.63, 3.8) is 0 Å². The summed E-state index contributed by atoms with van der Waals surface area (Å²) < 4.78 is 0. The van der Waals surface area contributed by atoms with E-state index < -0.39 is 0 Å². The number of guanidine groups is 1. The van der Waals surface area contributed by atoms with Gasteiger partial charge in [0.1, 0.15) is 0 Å². The summed E-state index contributed by atoms with van der Waals surface area (Å²) in [4.78, 5) is 9.59. The van der Waals surface area contributed by atoms with Gasteiger partial charge in [-0.3, -0.25) is 9.89 Å². The van der Waals surface area contributed by atoms with Crippen LogP contribution in [0.25, 0.3) is 0 Å². The zero-order valence-electron chi connectivity index (χ0n) is 15.1. The number of nitrogens with one attached hydrogen (secondary N) is 2. The van der Waals surface area contributed by atoms with Crippen LogP contribution in [-0.2, 0) is 0 Å². The van der Waals surface area contributed by atoms with Gasteiger partial charge in [-0.15, -0.1) is 24.0 Å². The molecule has 1 aliphatic heterocycles. The minimum absolute atomic E-state index is 0. The summed E-state index contributed by atoms with van der Waals surface area (Å²) in [5.41, 5.74) is 0. The third kappa shape index (κ3) is 7.97. The second-order valence-corrected chi connectivity index (χ2v) is 6.18. The maximum absolute atomic E-state index is 4.75. The van der Waals surface area contributed by atoms with Gasteiger partial charge in [-0.25, -0.2) is 0 Å². The Morgan fingerprint density at radius 3 is 2.41 bits per heavy atom. The lowest BCUT2D eigenvalue weighted by atomic mass is 10.0. The Kier molecular flexibility index (Phi) is 12.3. The quantitative estimate of drug-likeness (QED) is 0.371. The number of aliphatic imine (C=N–C) groups is 1. The highest BCUT2D eigenvalue weighted by atomic mass is 127. The summed E-state index contributed by atoms with van der Waals surface area (Å²) in [6.45, 7) is 12.8. The van der Waals surface area contributed by atoms with E-state index in [2.05, 4.69) is 55.3 Å². The summed E-state index contributed by atoms with van der Waals surface area (Å²) in [6, 6.07) is 0.556. The van der Waals surface area contributed by atoms with Crippen molar-refractivity contribution in [2.24, 2.45) is 10.9 Å². The van der Waals surface area contributed by atoms with Crippen LogP contribution in [0.1, 0.15) is 33.6 Å². The van der Waals surface area contributed by atoms with Gasteiger partial charge < -0.3 is 15.5 Å². The number of piperazine rings is 1. The van der Waals surface area contributed by atoms with E-state index in [0.29, 0.717) is 12.0 Å². The van der Waals surface area contributed by atoms with Crippen molar-refractivity contribution >= 4 is 29.9 Å². The number of nitrogens with zero attached hydrogens (tertiary/aromatic N) is 3. The van der Waals surface area contributed by atoms with E-state index in [0.717, 1.165) is 45.2 Å². The molecule has 132 valence electrons. The molecule has 0 aromatic rings. The standard InChI is InChI=1S/C16H35N5.HI/c1-6-14(7-2)11-18-16(17-8-3)19-12-15-13-20(4)9-10-21(15)5;/h14-15H,6-13H2,1-5H3,(H2,17,18,19);1H. The first-order valence-electron chi connectivity index (χ1n) is 8.51. The number of rotatable bonds is 7. The minimum Gasteiger partial charge on any atom is -0.357 e. The van der Waals surface area contributed by atoms with E-state index in [-0.39, 0.29) is 24.0 Å². The molecule has 1 unspecified atom stereocenters. The van der Waals surface area contributed by atoms with Gasteiger partial charge in [0.25, 0.3) is 0 Å². The Morgan fingerprint density at radius 1 is 1.14 bits per heavy atom. The topological polar surface area (TPSA) is 42.9 Å². The summed E-state index contributed by atoms with van der Waals surface area (Å²) >= 11 is 0. The average Bonchev–Trinajstić information content (AvgIpc) is 2.48. The molecule has 0 radical (unpaired) electrons. The molecule has 1 saturated heterocycles. The maximum Gasteiger partial charge on any atom is 0.191 e. The largest absolute Gasteiger partial charge is 0.357 e. The van der Waals surface area contributed by atoms with Crippen LogP contribution < -0.4 is 10.6 Å². The Balaban J connectivity index is 0.00000441. The molecule has 6 heteroatoms. The minimum atomic E-state index is 0. The molecule has 0 saturated carbocycles. The van der Waals surface area contributed by atoms with Gasteiger partial charge in [0.2, 0.25) is 0 Å². The Bertz CT molecular complexity index is 307. The normalized spacial score (nSPS) is 20.8. The molecule has 0 amide bonds. The Labute approximate surface area is 154 Å². The molecule has 1 atom stereocenters. The van der Waals surface area contributed by atoms with Crippen LogP contribution >= 0.6 is 24.0 Å². The molecule has 0 bridgehead atoms. The molecule has 1 rings (SSSR count). The first-order chi connectivity index (χ1) is 10.1. The van der Waals surface area contributed by atoms with Gasteiger partial charge in [-0.2, -0.15) is 0 Å². The van der Waals surface area contributed by atoms with Gasteiger partial charge in [-0.1, -0.05) is 26.7 Å². The Hall–Kier alpha value is -0.0800. The fourth-order valence-corrected chi connectivity index (χ4v) is 2.65. The highest BCUT2D eigenvalue weighted by Crippen LogP contribution is 2.07. The van der Waals surface area contributed by atoms with Crippen LogP contribution in [0.3, 0.4) is 0 Å². The first kappa shape index (κ1) is 21.9. The van der Waals surface area contributed by atoms with Crippen molar-refractivity contribution in [1.82, 2.24) is 20.4 Å². The third-order valence-corrected chi connectivity index (χ3v) is 4.49. The molecule has 1 aliphatic rings. The van der Waals surface area contributed by atoms with Crippen molar-refractivity contribution in [3.05, 3.63) is 0 Å². The third-order valence-electron chi connectivity index (χ3n) is 4.49. The average molecular weight is 425 g/mol. The lowest BCUT2D eigenvalue weighted by molar-refractivity contribution is 0.116. The molecule has 22 heavy (non-hydrogen) atoms.